The van der Waals surface area contributed by atoms with Gasteiger partial charge in [-0.05, 0) is 25.5 Å². The minimum Gasteiger partial charge on any atom is -0.469 e. The van der Waals surface area contributed by atoms with Gasteiger partial charge in [-0.3, -0.25) is 24.0 Å². The lowest BCUT2D eigenvalue weighted by atomic mass is 9.64. The van der Waals surface area contributed by atoms with Crippen LogP contribution in [0.5, 0.6) is 0 Å². The van der Waals surface area contributed by atoms with Crippen LogP contribution in [0.4, 0.5) is 5.69 Å². The summed E-state index contributed by atoms with van der Waals surface area (Å²) in [4.78, 5) is 69.4. The SMILES string of the molecule is COC(=O)[C@H]1C(C(=O)c2ccc(C)cc2)=C[C@@H](CC(=O)c2ccc(C)cc2)[C@@]12C(=O)N(C(C)=O)c1ccccc12. The third kappa shape index (κ3) is 4.09. The summed E-state index contributed by atoms with van der Waals surface area (Å²) in [5.41, 5.74) is 1.84. The standard InChI is InChI=1S/C33H29NO6/c1-19-9-13-22(14-10-19)28(36)18-24-17-25(30(37)23-15-11-20(2)12-16-23)29(31(38)40-4)33(24)26-7-5-6-8-27(26)34(21(3)35)32(33)39/h5-17,24,29H,18H2,1-4H3/t24-,29+,33-/m0/s1. The fourth-order valence-corrected chi connectivity index (χ4v) is 6.07. The highest BCUT2D eigenvalue weighted by molar-refractivity contribution is 6.26. The van der Waals surface area contributed by atoms with Crippen molar-refractivity contribution in [2.75, 3.05) is 12.0 Å². The van der Waals surface area contributed by atoms with Crippen LogP contribution in [0.3, 0.4) is 0 Å². The number of rotatable bonds is 6. The van der Waals surface area contributed by atoms with Crippen LogP contribution in [0.25, 0.3) is 0 Å². The van der Waals surface area contributed by atoms with Gasteiger partial charge >= 0.3 is 5.97 Å². The Hall–Kier alpha value is -4.65. The molecule has 1 spiro atoms. The van der Waals surface area contributed by atoms with Crippen molar-refractivity contribution in [2.45, 2.75) is 32.6 Å². The number of carbonyl (C=O) groups excluding carboxylic acids is 5. The Balaban J connectivity index is 1.73. The molecule has 202 valence electrons. The van der Waals surface area contributed by atoms with Gasteiger partial charge in [-0.15, -0.1) is 0 Å². The van der Waals surface area contributed by atoms with Crippen LogP contribution in [0.2, 0.25) is 0 Å². The molecule has 1 aliphatic heterocycles. The zero-order chi connectivity index (χ0) is 28.8. The van der Waals surface area contributed by atoms with Crippen molar-refractivity contribution in [3.63, 3.8) is 0 Å². The molecule has 0 aromatic heterocycles. The van der Waals surface area contributed by atoms with Crippen LogP contribution >= 0.6 is 0 Å². The zero-order valence-electron chi connectivity index (χ0n) is 22.8. The number of hydrogen-bond acceptors (Lipinski definition) is 6. The monoisotopic (exact) mass is 535 g/mol. The van der Waals surface area contributed by atoms with Gasteiger partial charge in [-0.25, -0.2) is 4.90 Å². The number of carbonyl (C=O) groups is 5. The number of imide groups is 1. The van der Waals surface area contributed by atoms with E-state index in [1.807, 2.05) is 26.0 Å². The largest absolute Gasteiger partial charge is 0.469 e. The van der Waals surface area contributed by atoms with E-state index in [2.05, 4.69) is 0 Å². The minimum absolute atomic E-state index is 0.0750. The van der Waals surface area contributed by atoms with Gasteiger partial charge in [0.25, 0.3) is 0 Å². The molecule has 0 saturated heterocycles. The van der Waals surface area contributed by atoms with Gasteiger partial charge in [-0.1, -0.05) is 83.9 Å². The number of Topliss-reactive ketones (excluding diaryl/α,β-unsaturated/α-hetero) is 2. The number of allylic oxidation sites excluding steroid dienone is 1. The highest BCUT2D eigenvalue weighted by Crippen LogP contribution is 2.58. The summed E-state index contributed by atoms with van der Waals surface area (Å²) in [6.07, 6.45) is 1.42. The Morgan fingerprint density at radius 1 is 0.850 bits per heavy atom. The van der Waals surface area contributed by atoms with Crippen LogP contribution in [0, 0.1) is 25.7 Å². The van der Waals surface area contributed by atoms with Gasteiger partial charge in [0.1, 0.15) is 11.3 Å². The summed E-state index contributed by atoms with van der Waals surface area (Å²) < 4.78 is 5.19. The summed E-state index contributed by atoms with van der Waals surface area (Å²) in [6, 6.07) is 20.7. The van der Waals surface area contributed by atoms with Crippen molar-refractivity contribution >= 4 is 35.0 Å². The molecule has 5 rings (SSSR count). The van der Waals surface area contributed by atoms with Gasteiger partial charge in [0.15, 0.2) is 11.6 Å². The smallest absolute Gasteiger partial charge is 0.314 e. The maximum Gasteiger partial charge on any atom is 0.314 e. The number of anilines is 1. The van der Waals surface area contributed by atoms with Crippen molar-refractivity contribution in [3.05, 3.63) is 112 Å². The van der Waals surface area contributed by atoms with Crippen LogP contribution in [0.1, 0.15) is 50.8 Å². The summed E-state index contributed by atoms with van der Waals surface area (Å²) in [6.45, 7) is 5.08. The van der Waals surface area contributed by atoms with E-state index in [1.54, 1.807) is 66.7 Å². The van der Waals surface area contributed by atoms with Crippen LogP contribution in [0.15, 0.2) is 84.4 Å². The number of nitrogens with zero attached hydrogens (tertiary/aromatic N) is 1. The van der Waals surface area contributed by atoms with E-state index in [4.69, 9.17) is 4.74 Å². The second kappa shape index (κ2) is 10.2. The Kier molecular flexibility index (Phi) is 6.84. The average Bonchev–Trinajstić information content (AvgIpc) is 3.41. The molecule has 2 aliphatic rings. The Labute approximate surface area is 232 Å². The van der Waals surface area contributed by atoms with E-state index in [9.17, 15) is 24.0 Å². The topological polar surface area (TPSA) is 97.8 Å². The maximum atomic E-state index is 14.4. The van der Waals surface area contributed by atoms with Gasteiger partial charge in [0, 0.05) is 36.0 Å². The van der Waals surface area contributed by atoms with Gasteiger partial charge in [-0.2, -0.15) is 0 Å². The van der Waals surface area contributed by atoms with Gasteiger partial charge in [0.05, 0.1) is 12.8 Å². The van der Waals surface area contributed by atoms with Crippen LogP contribution < -0.4 is 4.90 Å². The van der Waals surface area contributed by atoms with Crippen molar-refractivity contribution in [2.24, 2.45) is 11.8 Å². The number of methoxy groups -OCH3 is 1. The average molecular weight is 536 g/mol. The van der Waals surface area contributed by atoms with E-state index in [-0.39, 0.29) is 17.8 Å². The lowest BCUT2D eigenvalue weighted by Crippen LogP contribution is -2.52. The third-order valence-corrected chi connectivity index (χ3v) is 7.99. The molecule has 3 aromatic rings. The quantitative estimate of drug-likeness (QED) is 0.328. The normalized spacial score (nSPS) is 21.2. The molecule has 0 unspecified atom stereocenters. The van der Waals surface area contributed by atoms with E-state index in [0.717, 1.165) is 16.0 Å². The summed E-state index contributed by atoms with van der Waals surface area (Å²) in [5.74, 6) is -4.91. The molecule has 1 heterocycles. The zero-order valence-corrected chi connectivity index (χ0v) is 22.8. The molecule has 3 atom stereocenters. The number of aryl methyl sites for hydroxylation is 2. The van der Waals surface area contributed by atoms with Crippen LogP contribution in [-0.2, 0) is 24.5 Å². The number of ether oxygens (including phenoxy) is 1. The summed E-state index contributed by atoms with van der Waals surface area (Å²) in [7, 11) is 1.20. The number of esters is 1. The van der Waals surface area contributed by atoms with Crippen molar-refractivity contribution < 1.29 is 28.7 Å². The van der Waals surface area contributed by atoms with E-state index in [1.165, 1.54) is 14.0 Å². The lowest BCUT2D eigenvalue weighted by molar-refractivity contribution is -0.149. The molecular weight excluding hydrogens is 506 g/mol. The minimum atomic E-state index is -1.72. The van der Waals surface area contributed by atoms with Crippen LogP contribution in [-0.4, -0.2) is 36.5 Å². The van der Waals surface area contributed by atoms with Gasteiger partial charge in [0.2, 0.25) is 11.8 Å². The van der Waals surface area contributed by atoms with Gasteiger partial charge < -0.3 is 4.74 Å². The fraction of sp³-hybridized carbons (Fsp3) is 0.242. The second-order valence-corrected chi connectivity index (χ2v) is 10.4. The molecule has 0 saturated carbocycles. The first-order valence-electron chi connectivity index (χ1n) is 13.1. The number of amides is 2. The second-order valence-electron chi connectivity index (χ2n) is 10.4. The van der Waals surface area contributed by atoms with E-state index >= 15 is 0 Å². The first-order chi connectivity index (χ1) is 19.1. The molecule has 0 bridgehead atoms. The number of fused-ring (bicyclic) bond motifs is 2. The third-order valence-electron chi connectivity index (χ3n) is 7.99. The number of para-hydroxylation sites is 1. The highest BCUT2D eigenvalue weighted by atomic mass is 16.5. The van der Waals surface area contributed by atoms with E-state index < -0.39 is 40.8 Å². The summed E-state index contributed by atoms with van der Waals surface area (Å²) in [5, 5.41) is 0. The molecule has 0 radical (unpaired) electrons. The molecule has 7 heteroatoms. The van der Waals surface area contributed by atoms with Crippen molar-refractivity contribution in [1.29, 1.82) is 0 Å². The number of ketones is 2. The molecule has 2 amide bonds. The number of hydrogen-bond donors (Lipinski definition) is 0. The first kappa shape index (κ1) is 26.9. The molecule has 1 aliphatic carbocycles. The lowest BCUT2D eigenvalue weighted by Gasteiger charge is -2.35. The number of benzene rings is 3. The summed E-state index contributed by atoms with van der Waals surface area (Å²) >= 11 is 0. The molecule has 7 nitrogen and oxygen atoms in total. The Bertz CT molecular complexity index is 1580. The molecular formula is C33H29NO6. The first-order valence-corrected chi connectivity index (χ1v) is 13.1. The molecule has 0 fully saturated rings. The Morgan fingerprint density at radius 3 is 2.00 bits per heavy atom. The predicted molar refractivity (Wildman–Crippen MR) is 149 cm³/mol. The highest BCUT2D eigenvalue weighted by Gasteiger charge is 2.67. The van der Waals surface area contributed by atoms with Crippen molar-refractivity contribution in [3.8, 4) is 0 Å². The fourth-order valence-electron chi connectivity index (χ4n) is 6.07. The molecule has 40 heavy (non-hydrogen) atoms. The predicted octanol–water partition coefficient (Wildman–Crippen LogP) is 4.94. The Morgan fingerprint density at radius 2 is 1.43 bits per heavy atom. The van der Waals surface area contributed by atoms with E-state index in [0.29, 0.717) is 22.4 Å². The van der Waals surface area contributed by atoms with Crippen molar-refractivity contribution in [1.82, 2.24) is 0 Å². The molecule has 3 aromatic carbocycles. The maximum absolute atomic E-state index is 14.4. The molecule has 0 N–H and O–H groups in total.